The first kappa shape index (κ1) is 12.4. The number of allylic oxidation sites excluding steroid dienone is 4. The molecule has 0 saturated carbocycles. The maximum Gasteiger partial charge on any atom is 0.141 e. The third kappa shape index (κ3) is 4.26. The molecule has 0 aliphatic rings. The molecule has 1 nitrogen and oxygen atoms in total. The van der Waals surface area contributed by atoms with Crippen LogP contribution in [0.2, 0.25) is 0 Å². The van der Waals surface area contributed by atoms with Gasteiger partial charge in [-0.1, -0.05) is 48.6 Å². The monoisotopic (exact) mass is 214 g/mol. The van der Waals surface area contributed by atoms with Gasteiger partial charge in [-0.05, 0) is 25.0 Å². The minimum Gasteiger partial charge on any atom is -0.299 e. The van der Waals surface area contributed by atoms with Crippen molar-refractivity contribution in [1.29, 1.82) is 0 Å². The highest BCUT2D eigenvalue weighted by Crippen LogP contribution is 2.08. The number of carbonyl (C=O) groups excluding carboxylic acids is 1. The Balaban J connectivity index is 2.54. The number of Topliss-reactive ketones (excluding diaryl/α,β-unsaturated/α-hetero) is 1. The van der Waals surface area contributed by atoms with E-state index in [1.165, 1.54) is 0 Å². The molecule has 0 bridgehead atoms. The van der Waals surface area contributed by atoms with Gasteiger partial charge in [-0.2, -0.15) is 0 Å². The van der Waals surface area contributed by atoms with Crippen molar-refractivity contribution in [3.8, 4) is 0 Å². The zero-order chi connectivity index (χ0) is 11.8. The summed E-state index contributed by atoms with van der Waals surface area (Å²) in [5.74, 6) is 0.261. The zero-order valence-corrected chi connectivity index (χ0v) is 9.94. The molecule has 1 aromatic rings. The minimum atomic E-state index is 0.261. The van der Waals surface area contributed by atoms with E-state index in [4.69, 9.17) is 0 Å². The van der Waals surface area contributed by atoms with Crippen LogP contribution in [0.4, 0.5) is 0 Å². The Hall–Kier alpha value is -1.63. The first-order valence-electron chi connectivity index (χ1n) is 5.59. The summed E-state index contributed by atoms with van der Waals surface area (Å²) in [6.07, 6.45) is 6.99. The number of carbonyl (C=O) groups is 1. The summed E-state index contributed by atoms with van der Waals surface area (Å²) in [6.45, 7) is 3.93. The van der Waals surface area contributed by atoms with Gasteiger partial charge in [-0.25, -0.2) is 0 Å². The normalized spacial score (nSPS) is 12.0. The quantitative estimate of drug-likeness (QED) is 0.683. The molecule has 0 fully saturated rings. The van der Waals surface area contributed by atoms with E-state index in [1.54, 1.807) is 0 Å². The van der Waals surface area contributed by atoms with Gasteiger partial charge in [0, 0.05) is 12.8 Å². The van der Waals surface area contributed by atoms with Crippen molar-refractivity contribution in [3.63, 3.8) is 0 Å². The molecule has 0 spiro atoms. The van der Waals surface area contributed by atoms with Gasteiger partial charge in [0.15, 0.2) is 0 Å². The molecular weight excluding hydrogens is 196 g/mol. The van der Waals surface area contributed by atoms with Crippen molar-refractivity contribution in [1.82, 2.24) is 0 Å². The second-order valence-electron chi connectivity index (χ2n) is 3.74. The van der Waals surface area contributed by atoms with Crippen molar-refractivity contribution in [2.75, 3.05) is 0 Å². The van der Waals surface area contributed by atoms with Crippen LogP contribution in [-0.2, 0) is 11.2 Å². The summed E-state index contributed by atoms with van der Waals surface area (Å²) in [5, 5.41) is 0. The van der Waals surface area contributed by atoms with E-state index < -0.39 is 0 Å². The lowest BCUT2D eigenvalue weighted by Crippen LogP contribution is -2.03. The molecule has 0 N–H and O–H groups in total. The smallest absolute Gasteiger partial charge is 0.141 e. The molecule has 1 heteroatoms. The molecule has 0 atom stereocenters. The maximum absolute atomic E-state index is 11.8. The molecule has 1 aromatic carbocycles. The zero-order valence-electron chi connectivity index (χ0n) is 9.94. The molecule has 16 heavy (non-hydrogen) atoms. The predicted octanol–water partition coefficient (Wildman–Crippen LogP) is 3.71. The molecule has 84 valence electrons. The van der Waals surface area contributed by atoms with Crippen LogP contribution in [0, 0.1) is 0 Å². The third-order valence-corrected chi connectivity index (χ3v) is 2.40. The van der Waals surface area contributed by atoms with Gasteiger partial charge in [-0.3, -0.25) is 4.79 Å². The molecule has 0 aliphatic heterocycles. The highest BCUT2D eigenvalue weighted by atomic mass is 16.1. The number of rotatable bonds is 5. The largest absolute Gasteiger partial charge is 0.299 e. The van der Waals surface area contributed by atoms with Crippen molar-refractivity contribution < 1.29 is 4.79 Å². The van der Waals surface area contributed by atoms with Gasteiger partial charge in [-0.15, -0.1) is 0 Å². The van der Waals surface area contributed by atoms with E-state index in [-0.39, 0.29) is 5.78 Å². The van der Waals surface area contributed by atoms with Gasteiger partial charge >= 0.3 is 0 Å². The van der Waals surface area contributed by atoms with Crippen LogP contribution in [0.15, 0.2) is 54.1 Å². The molecule has 0 unspecified atom stereocenters. The van der Waals surface area contributed by atoms with Crippen LogP contribution >= 0.6 is 0 Å². The third-order valence-electron chi connectivity index (χ3n) is 2.40. The molecule has 0 aliphatic carbocycles. The lowest BCUT2D eigenvalue weighted by Gasteiger charge is -2.02. The SMILES string of the molecule is C/C=C\C(=C/C)CC(=O)Cc1ccccc1. The summed E-state index contributed by atoms with van der Waals surface area (Å²) in [4.78, 5) is 11.8. The summed E-state index contributed by atoms with van der Waals surface area (Å²) in [5.41, 5.74) is 2.17. The van der Waals surface area contributed by atoms with Crippen LogP contribution in [0.5, 0.6) is 0 Å². The van der Waals surface area contributed by atoms with E-state index >= 15 is 0 Å². The molecule has 0 radical (unpaired) electrons. The van der Waals surface area contributed by atoms with Gasteiger partial charge in [0.05, 0.1) is 0 Å². The summed E-state index contributed by atoms with van der Waals surface area (Å²) in [7, 11) is 0. The van der Waals surface area contributed by atoms with Crippen molar-refractivity contribution in [3.05, 3.63) is 59.7 Å². The van der Waals surface area contributed by atoms with Crippen LogP contribution < -0.4 is 0 Å². The first-order valence-corrected chi connectivity index (χ1v) is 5.59. The Kier molecular flexibility index (Phi) is 5.27. The number of hydrogen-bond donors (Lipinski definition) is 0. The average Bonchev–Trinajstić information content (AvgIpc) is 2.29. The topological polar surface area (TPSA) is 17.1 Å². The highest BCUT2D eigenvalue weighted by Gasteiger charge is 2.04. The molecule has 0 amide bonds. The number of hydrogen-bond acceptors (Lipinski definition) is 1. The highest BCUT2D eigenvalue weighted by molar-refractivity contribution is 5.83. The Morgan fingerprint density at radius 3 is 2.44 bits per heavy atom. The second kappa shape index (κ2) is 6.78. The van der Waals surface area contributed by atoms with E-state index in [2.05, 4.69) is 0 Å². The van der Waals surface area contributed by atoms with Crippen molar-refractivity contribution in [2.45, 2.75) is 26.7 Å². The molecule has 0 aromatic heterocycles. The summed E-state index contributed by atoms with van der Waals surface area (Å²) >= 11 is 0. The lowest BCUT2D eigenvalue weighted by molar-refractivity contribution is -0.117. The molecule has 1 rings (SSSR count). The number of ketones is 1. The molecular formula is C15H18O. The minimum absolute atomic E-state index is 0.261. The van der Waals surface area contributed by atoms with Gasteiger partial charge in [0.25, 0.3) is 0 Å². The van der Waals surface area contributed by atoms with E-state index in [0.29, 0.717) is 12.8 Å². The van der Waals surface area contributed by atoms with Gasteiger partial charge in [0.2, 0.25) is 0 Å². The summed E-state index contributed by atoms with van der Waals surface area (Å²) < 4.78 is 0. The Bertz CT molecular complexity index is 385. The van der Waals surface area contributed by atoms with Crippen LogP contribution in [-0.4, -0.2) is 5.78 Å². The van der Waals surface area contributed by atoms with Crippen molar-refractivity contribution >= 4 is 5.78 Å². The van der Waals surface area contributed by atoms with Gasteiger partial charge in [0.1, 0.15) is 5.78 Å². The number of benzene rings is 1. The predicted molar refractivity (Wildman–Crippen MR) is 68.3 cm³/mol. The van der Waals surface area contributed by atoms with Crippen LogP contribution in [0.1, 0.15) is 25.8 Å². The Morgan fingerprint density at radius 1 is 1.19 bits per heavy atom. The first-order chi connectivity index (χ1) is 7.76. The van der Waals surface area contributed by atoms with E-state index in [0.717, 1.165) is 11.1 Å². The fourth-order valence-corrected chi connectivity index (χ4v) is 1.58. The van der Waals surface area contributed by atoms with Crippen molar-refractivity contribution in [2.24, 2.45) is 0 Å². The van der Waals surface area contributed by atoms with E-state index in [1.807, 2.05) is 62.4 Å². The maximum atomic E-state index is 11.8. The molecule has 0 saturated heterocycles. The van der Waals surface area contributed by atoms with Crippen LogP contribution in [0.3, 0.4) is 0 Å². The lowest BCUT2D eigenvalue weighted by atomic mass is 10.0. The Labute approximate surface area is 97.5 Å². The van der Waals surface area contributed by atoms with Crippen LogP contribution in [0.25, 0.3) is 0 Å². The average molecular weight is 214 g/mol. The fraction of sp³-hybridized carbons (Fsp3) is 0.267. The standard InChI is InChI=1S/C15H18O/c1-3-8-13(4-2)11-15(16)12-14-9-6-5-7-10-14/h3-10H,11-12H2,1-2H3/b8-3-,13-4+. The van der Waals surface area contributed by atoms with E-state index in [9.17, 15) is 4.79 Å². The fourth-order valence-electron chi connectivity index (χ4n) is 1.58. The summed E-state index contributed by atoms with van der Waals surface area (Å²) in [6, 6.07) is 9.87. The van der Waals surface area contributed by atoms with Gasteiger partial charge < -0.3 is 0 Å². The molecule has 0 heterocycles. The Morgan fingerprint density at radius 2 is 1.88 bits per heavy atom. The second-order valence-corrected chi connectivity index (χ2v) is 3.74.